The van der Waals surface area contributed by atoms with Gasteiger partial charge in [-0.1, -0.05) is 29.4 Å². The lowest BCUT2D eigenvalue weighted by Crippen LogP contribution is -2.34. The SMILES string of the molecule is O=C1CCN(c2cc(Nc3ccc(F)cc3)c3c4c(onc24)-c2ccccc2C3=O)CC1. The van der Waals surface area contributed by atoms with Crippen LogP contribution in [0.4, 0.5) is 21.5 Å². The number of fused-ring (bicyclic) bond motifs is 2. The summed E-state index contributed by atoms with van der Waals surface area (Å²) in [7, 11) is 0. The first-order chi connectivity index (χ1) is 15.6. The van der Waals surface area contributed by atoms with Crippen LogP contribution in [0.15, 0.2) is 59.1 Å². The predicted octanol–water partition coefficient (Wildman–Crippen LogP) is 5.09. The van der Waals surface area contributed by atoms with Crippen LogP contribution in [0.2, 0.25) is 0 Å². The molecule has 0 spiro atoms. The molecule has 4 aromatic rings. The van der Waals surface area contributed by atoms with Crippen LogP contribution < -0.4 is 10.2 Å². The van der Waals surface area contributed by atoms with E-state index in [2.05, 4.69) is 15.4 Å². The molecule has 6 nitrogen and oxygen atoms in total. The second-order valence-electron chi connectivity index (χ2n) is 8.09. The van der Waals surface area contributed by atoms with Gasteiger partial charge in [0.25, 0.3) is 0 Å². The summed E-state index contributed by atoms with van der Waals surface area (Å²) in [6.07, 6.45) is 0.937. The van der Waals surface area contributed by atoms with E-state index in [0.717, 1.165) is 5.69 Å². The fourth-order valence-corrected chi connectivity index (χ4v) is 4.57. The van der Waals surface area contributed by atoms with E-state index in [4.69, 9.17) is 4.52 Å². The largest absolute Gasteiger partial charge is 0.369 e. The van der Waals surface area contributed by atoms with E-state index >= 15 is 0 Å². The predicted molar refractivity (Wildman–Crippen MR) is 119 cm³/mol. The highest BCUT2D eigenvalue weighted by molar-refractivity contribution is 6.28. The summed E-state index contributed by atoms with van der Waals surface area (Å²) in [4.78, 5) is 27.4. The summed E-state index contributed by atoms with van der Waals surface area (Å²) in [6.45, 7) is 1.16. The van der Waals surface area contributed by atoms with Crippen molar-refractivity contribution in [3.05, 3.63) is 71.5 Å². The molecule has 3 aromatic carbocycles. The molecule has 7 heteroatoms. The first-order valence-electron chi connectivity index (χ1n) is 10.5. The molecule has 2 heterocycles. The van der Waals surface area contributed by atoms with E-state index in [9.17, 15) is 14.0 Å². The number of piperidine rings is 1. The van der Waals surface area contributed by atoms with Gasteiger partial charge >= 0.3 is 0 Å². The number of hydrogen-bond donors (Lipinski definition) is 1. The number of aromatic nitrogens is 1. The van der Waals surface area contributed by atoms with Crippen molar-refractivity contribution in [1.29, 1.82) is 0 Å². The Bertz CT molecular complexity index is 1400. The zero-order valence-corrected chi connectivity index (χ0v) is 17.0. The molecule has 1 aromatic heterocycles. The summed E-state index contributed by atoms with van der Waals surface area (Å²) >= 11 is 0. The quantitative estimate of drug-likeness (QED) is 0.432. The molecule has 0 saturated carbocycles. The minimum Gasteiger partial charge on any atom is -0.369 e. The number of benzene rings is 3. The molecule has 2 aliphatic rings. The fourth-order valence-electron chi connectivity index (χ4n) is 4.57. The molecule has 1 fully saturated rings. The molecule has 1 saturated heterocycles. The molecule has 6 rings (SSSR count). The topological polar surface area (TPSA) is 75.4 Å². The van der Waals surface area contributed by atoms with Gasteiger partial charge in [0.05, 0.1) is 22.3 Å². The van der Waals surface area contributed by atoms with Crippen molar-refractivity contribution in [1.82, 2.24) is 5.16 Å². The maximum absolute atomic E-state index is 13.6. The van der Waals surface area contributed by atoms with Gasteiger partial charge < -0.3 is 14.7 Å². The van der Waals surface area contributed by atoms with Gasteiger partial charge in [0, 0.05) is 42.7 Å². The molecule has 0 radical (unpaired) electrons. The number of Topliss-reactive ketones (excluding diaryl/α,β-unsaturated/α-hetero) is 1. The van der Waals surface area contributed by atoms with Crippen molar-refractivity contribution < 1.29 is 18.5 Å². The number of carbonyl (C=O) groups excluding carboxylic acids is 2. The van der Waals surface area contributed by atoms with Crippen molar-refractivity contribution in [2.75, 3.05) is 23.3 Å². The number of nitrogens with zero attached hydrogens (tertiary/aromatic N) is 2. The molecule has 32 heavy (non-hydrogen) atoms. The zero-order chi connectivity index (χ0) is 21.8. The monoisotopic (exact) mass is 427 g/mol. The van der Waals surface area contributed by atoms with Gasteiger partial charge in [-0.3, -0.25) is 9.59 Å². The molecule has 0 atom stereocenters. The van der Waals surface area contributed by atoms with Gasteiger partial charge in [0.1, 0.15) is 17.1 Å². The van der Waals surface area contributed by atoms with E-state index < -0.39 is 0 Å². The van der Waals surface area contributed by atoms with Crippen molar-refractivity contribution >= 4 is 39.5 Å². The fraction of sp³-hybridized carbons (Fsp3) is 0.160. The summed E-state index contributed by atoms with van der Waals surface area (Å²) in [6, 6.07) is 15.2. The maximum atomic E-state index is 13.6. The number of nitrogens with one attached hydrogen (secondary N) is 1. The summed E-state index contributed by atoms with van der Waals surface area (Å²) in [5, 5.41) is 8.30. The van der Waals surface area contributed by atoms with Crippen LogP contribution in [-0.4, -0.2) is 29.8 Å². The molecule has 1 aliphatic carbocycles. The molecular weight excluding hydrogens is 409 g/mol. The minimum absolute atomic E-state index is 0.119. The van der Waals surface area contributed by atoms with Gasteiger partial charge in [0.2, 0.25) is 0 Å². The Labute approximate surface area is 182 Å². The lowest BCUT2D eigenvalue weighted by Gasteiger charge is -2.29. The average molecular weight is 427 g/mol. The standard InChI is InChI=1S/C25H18FN3O3/c26-14-5-7-15(8-6-14)27-19-13-20(29-11-9-16(30)10-12-29)23-22-21(19)24(31)17-3-1-2-4-18(17)25(22)32-28-23/h1-8,13,27H,9-12H2. The van der Waals surface area contributed by atoms with Crippen LogP contribution in [0, 0.1) is 5.82 Å². The van der Waals surface area contributed by atoms with Crippen LogP contribution in [-0.2, 0) is 4.79 Å². The zero-order valence-electron chi connectivity index (χ0n) is 17.0. The Kier molecular flexibility index (Phi) is 4.11. The highest BCUT2D eigenvalue weighted by atomic mass is 19.1. The Morgan fingerprint density at radius 1 is 0.969 bits per heavy atom. The second-order valence-corrected chi connectivity index (χ2v) is 8.09. The summed E-state index contributed by atoms with van der Waals surface area (Å²) in [5.41, 5.74) is 4.42. The van der Waals surface area contributed by atoms with Crippen LogP contribution >= 0.6 is 0 Å². The number of rotatable bonds is 3. The lowest BCUT2D eigenvalue weighted by atomic mass is 9.86. The average Bonchev–Trinajstić information content (AvgIpc) is 3.25. The van der Waals surface area contributed by atoms with Gasteiger partial charge in [-0.2, -0.15) is 0 Å². The third-order valence-corrected chi connectivity index (χ3v) is 6.16. The number of hydrogen-bond acceptors (Lipinski definition) is 6. The smallest absolute Gasteiger partial charge is 0.196 e. The maximum Gasteiger partial charge on any atom is 0.196 e. The van der Waals surface area contributed by atoms with Gasteiger partial charge in [-0.15, -0.1) is 0 Å². The molecular formula is C25H18FN3O3. The molecule has 1 aliphatic heterocycles. The first kappa shape index (κ1) is 18.7. The number of carbonyl (C=O) groups is 2. The van der Waals surface area contributed by atoms with Gasteiger partial charge in [-0.25, -0.2) is 4.39 Å². The van der Waals surface area contributed by atoms with E-state index in [-0.39, 0.29) is 17.4 Å². The Hall–Kier alpha value is -4.00. The third kappa shape index (κ3) is 2.81. The molecule has 1 N–H and O–H groups in total. The van der Waals surface area contributed by atoms with E-state index in [1.54, 1.807) is 18.2 Å². The molecule has 0 unspecified atom stereocenters. The summed E-state index contributed by atoms with van der Waals surface area (Å²) in [5.74, 6) is 0.343. The van der Waals surface area contributed by atoms with Crippen molar-refractivity contribution in [3.63, 3.8) is 0 Å². The molecule has 0 amide bonds. The lowest BCUT2D eigenvalue weighted by molar-refractivity contribution is -0.119. The highest BCUT2D eigenvalue weighted by Crippen LogP contribution is 2.46. The third-order valence-electron chi connectivity index (χ3n) is 6.16. The van der Waals surface area contributed by atoms with Crippen LogP contribution in [0.25, 0.3) is 22.2 Å². The minimum atomic E-state index is -0.336. The van der Waals surface area contributed by atoms with E-state index in [1.165, 1.54) is 12.1 Å². The molecule has 0 bridgehead atoms. The first-order valence-corrected chi connectivity index (χ1v) is 10.5. The highest BCUT2D eigenvalue weighted by Gasteiger charge is 2.34. The van der Waals surface area contributed by atoms with Crippen LogP contribution in [0.3, 0.4) is 0 Å². The number of ketones is 2. The van der Waals surface area contributed by atoms with Gasteiger partial charge in [-0.05, 0) is 30.3 Å². The number of halogens is 1. The van der Waals surface area contributed by atoms with E-state index in [1.807, 2.05) is 24.3 Å². The van der Waals surface area contributed by atoms with Crippen LogP contribution in [0.1, 0.15) is 28.8 Å². The normalized spacial score (nSPS) is 15.2. The van der Waals surface area contributed by atoms with Gasteiger partial charge in [0.15, 0.2) is 11.5 Å². The Morgan fingerprint density at radius 2 is 1.69 bits per heavy atom. The Balaban J connectivity index is 1.59. The number of anilines is 3. The second kappa shape index (κ2) is 7.02. The molecule has 158 valence electrons. The van der Waals surface area contributed by atoms with Crippen LogP contribution in [0.5, 0.6) is 0 Å². The van der Waals surface area contributed by atoms with Crippen molar-refractivity contribution in [3.8, 4) is 11.3 Å². The van der Waals surface area contributed by atoms with Crippen molar-refractivity contribution in [2.24, 2.45) is 0 Å². The Morgan fingerprint density at radius 3 is 2.44 bits per heavy atom. The van der Waals surface area contributed by atoms with Crippen molar-refractivity contribution in [2.45, 2.75) is 12.8 Å². The summed E-state index contributed by atoms with van der Waals surface area (Å²) < 4.78 is 19.2. The van der Waals surface area contributed by atoms with E-state index in [0.29, 0.717) is 70.7 Å².